The lowest BCUT2D eigenvalue weighted by molar-refractivity contribution is 0.00597. The topological polar surface area (TPSA) is 15.3 Å². The van der Waals surface area contributed by atoms with Crippen LogP contribution in [0.3, 0.4) is 0 Å². The molecular weight excluding hydrogens is 331 g/mol. The maximum Gasteiger partial charge on any atom is 0.137 e. The Balaban J connectivity index is 1.84. The minimum atomic E-state index is -0.159. The third-order valence-electron chi connectivity index (χ3n) is 5.12. The van der Waals surface area contributed by atoms with Gasteiger partial charge in [-0.2, -0.15) is 0 Å². The molecule has 3 rings (SSSR count). The summed E-state index contributed by atoms with van der Waals surface area (Å²) in [5, 5.41) is 3.66. The van der Waals surface area contributed by atoms with E-state index in [9.17, 15) is 4.39 Å². The van der Waals surface area contributed by atoms with Crippen molar-refractivity contribution < 1.29 is 4.39 Å². The van der Waals surface area contributed by atoms with Crippen molar-refractivity contribution in [3.05, 3.63) is 34.1 Å². The maximum absolute atomic E-state index is 13.8. The van der Waals surface area contributed by atoms with E-state index in [2.05, 4.69) is 33.1 Å². The first-order valence-electron chi connectivity index (χ1n) is 8.02. The van der Waals surface area contributed by atoms with E-state index in [1.807, 2.05) is 12.1 Å². The van der Waals surface area contributed by atoms with E-state index in [-0.39, 0.29) is 11.4 Å². The Bertz CT molecular complexity index is 500. The molecular formula is C17H24BrFN2. The van der Waals surface area contributed by atoms with Gasteiger partial charge in [0, 0.05) is 31.2 Å². The second kappa shape index (κ2) is 6.35. The van der Waals surface area contributed by atoms with Gasteiger partial charge < -0.3 is 5.32 Å². The summed E-state index contributed by atoms with van der Waals surface area (Å²) in [6.07, 6.45) is 6.52. The van der Waals surface area contributed by atoms with Gasteiger partial charge in [0.25, 0.3) is 0 Å². The van der Waals surface area contributed by atoms with E-state index in [4.69, 9.17) is 0 Å². The van der Waals surface area contributed by atoms with Crippen LogP contribution in [0.15, 0.2) is 22.7 Å². The van der Waals surface area contributed by atoms with E-state index < -0.39 is 0 Å². The normalized spacial score (nSPS) is 26.1. The number of nitrogens with one attached hydrogen (secondary N) is 1. The number of hydrogen-bond donors (Lipinski definition) is 1. The van der Waals surface area contributed by atoms with E-state index in [1.54, 1.807) is 0 Å². The van der Waals surface area contributed by atoms with Gasteiger partial charge in [0.05, 0.1) is 4.47 Å². The minimum Gasteiger partial charge on any atom is -0.311 e. The van der Waals surface area contributed by atoms with Crippen LogP contribution in [0.1, 0.15) is 44.6 Å². The molecule has 116 valence electrons. The zero-order valence-corrected chi connectivity index (χ0v) is 14.3. The highest BCUT2D eigenvalue weighted by Gasteiger charge is 2.41. The molecule has 1 atom stereocenters. The van der Waals surface area contributed by atoms with Gasteiger partial charge in [0.1, 0.15) is 5.82 Å². The van der Waals surface area contributed by atoms with Crippen LogP contribution >= 0.6 is 15.9 Å². The van der Waals surface area contributed by atoms with Crippen molar-refractivity contribution in [2.75, 3.05) is 13.1 Å². The molecule has 1 spiro atoms. The molecule has 1 aromatic carbocycles. The highest BCUT2D eigenvalue weighted by Crippen LogP contribution is 2.37. The fraction of sp³-hybridized carbons (Fsp3) is 0.647. The van der Waals surface area contributed by atoms with Crippen LogP contribution in [0, 0.1) is 5.82 Å². The predicted molar refractivity (Wildman–Crippen MR) is 87.8 cm³/mol. The zero-order chi connectivity index (χ0) is 14.9. The summed E-state index contributed by atoms with van der Waals surface area (Å²) in [6.45, 7) is 5.19. The molecule has 1 heterocycles. The molecule has 2 nitrogen and oxygen atoms in total. The molecule has 1 saturated carbocycles. The number of rotatable bonds is 2. The van der Waals surface area contributed by atoms with Crippen LogP contribution in [0.25, 0.3) is 0 Å². The lowest BCUT2D eigenvalue weighted by Crippen LogP contribution is -2.64. The van der Waals surface area contributed by atoms with Crippen molar-refractivity contribution in [2.24, 2.45) is 0 Å². The molecule has 1 aliphatic carbocycles. The average molecular weight is 355 g/mol. The number of hydrogen-bond acceptors (Lipinski definition) is 2. The lowest BCUT2D eigenvalue weighted by Gasteiger charge is -2.51. The Kier molecular flexibility index (Phi) is 4.67. The van der Waals surface area contributed by atoms with E-state index >= 15 is 0 Å². The Hall–Kier alpha value is -0.450. The van der Waals surface area contributed by atoms with Crippen LogP contribution in [0.5, 0.6) is 0 Å². The van der Waals surface area contributed by atoms with Gasteiger partial charge >= 0.3 is 0 Å². The summed E-state index contributed by atoms with van der Waals surface area (Å²) in [5.74, 6) is -0.159. The first-order chi connectivity index (χ1) is 10.1. The Morgan fingerprint density at radius 3 is 2.86 bits per heavy atom. The van der Waals surface area contributed by atoms with Crippen molar-refractivity contribution in [3.8, 4) is 0 Å². The quantitative estimate of drug-likeness (QED) is 0.860. The lowest BCUT2D eigenvalue weighted by atomic mass is 9.78. The van der Waals surface area contributed by atoms with Crippen molar-refractivity contribution in [1.29, 1.82) is 0 Å². The molecule has 4 heteroatoms. The molecule has 1 saturated heterocycles. The maximum atomic E-state index is 13.8. The molecule has 2 aliphatic rings. The Morgan fingerprint density at radius 1 is 1.33 bits per heavy atom. The van der Waals surface area contributed by atoms with Crippen molar-refractivity contribution >= 4 is 15.9 Å². The monoisotopic (exact) mass is 354 g/mol. The SMILES string of the molecule is CC1CN(Cc2cccc(F)c2Br)C2(CCCCC2)CN1. The van der Waals surface area contributed by atoms with Crippen molar-refractivity contribution in [1.82, 2.24) is 10.2 Å². The van der Waals surface area contributed by atoms with Gasteiger partial charge in [-0.1, -0.05) is 31.4 Å². The number of piperazine rings is 1. The summed E-state index contributed by atoms with van der Waals surface area (Å²) in [4.78, 5) is 2.60. The highest BCUT2D eigenvalue weighted by atomic mass is 79.9. The van der Waals surface area contributed by atoms with E-state index in [0.717, 1.165) is 25.2 Å². The van der Waals surface area contributed by atoms with Crippen molar-refractivity contribution in [2.45, 2.75) is 57.2 Å². The summed E-state index contributed by atoms with van der Waals surface area (Å²) < 4.78 is 14.4. The molecule has 0 radical (unpaired) electrons. The summed E-state index contributed by atoms with van der Waals surface area (Å²) in [5.41, 5.74) is 1.34. The average Bonchev–Trinajstić information content (AvgIpc) is 2.49. The van der Waals surface area contributed by atoms with Gasteiger partial charge in [-0.05, 0) is 47.3 Å². The number of nitrogens with zero attached hydrogens (tertiary/aromatic N) is 1. The zero-order valence-electron chi connectivity index (χ0n) is 12.7. The summed E-state index contributed by atoms with van der Waals surface area (Å²) in [6, 6.07) is 5.87. The third kappa shape index (κ3) is 3.17. The summed E-state index contributed by atoms with van der Waals surface area (Å²) >= 11 is 3.42. The van der Waals surface area contributed by atoms with Crippen molar-refractivity contribution in [3.63, 3.8) is 0 Å². The number of benzene rings is 1. The summed E-state index contributed by atoms with van der Waals surface area (Å²) in [7, 11) is 0. The fourth-order valence-corrected chi connectivity index (χ4v) is 4.27. The van der Waals surface area contributed by atoms with Crippen LogP contribution in [0.2, 0.25) is 0 Å². The van der Waals surface area contributed by atoms with E-state index in [0.29, 0.717) is 10.5 Å². The molecule has 1 aromatic rings. The molecule has 0 amide bonds. The van der Waals surface area contributed by atoms with Crippen LogP contribution in [-0.4, -0.2) is 29.6 Å². The fourth-order valence-electron chi connectivity index (χ4n) is 3.88. The molecule has 1 unspecified atom stereocenters. The Labute approximate surface area is 135 Å². The molecule has 0 aromatic heterocycles. The third-order valence-corrected chi connectivity index (χ3v) is 6.01. The van der Waals surface area contributed by atoms with Crippen LogP contribution < -0.4 is 5.32 Å². The predicted octanol–water partition coefficient (Wildman–Crippen LogP) is 4.08. The molecule has 21 heavy (non-hydrogen) atoms. The second-order valence-electron chi connectivity index (χ2n) is 6.66. The largest absolute Gasteiger partial charge is 0.311 e. The van der Waals surface area contributed by atoms with Gasteiger partial charge in [0.15, 0.2) is 0 Å². The van der Waals surface area contributed by atoms with Crippen LogP contribution in [0.4, 0.5) is 4.39 Å². The number of halogens is 2. The molecule has 2 fully saturated rings. The van der Waals surface area contributed by atoms with E-state index in [1.165, 1.54) is 38.2 Å². The first-order valence-corrected chi connectivity index (χ1v) is 8.81. The Morgan fingerprint density at radius 2 is 2.10 bits per heavy atom. The van der Waals surface area contributed by atoms with Crippen LogP contribution in [-0.2, 0) is 6.54 Å². The van der Waals surface area contributed by atoms with Gasteiger partial charge in [0.2, 0.25) is 0 Å². The van der Waals surface area contributed by atoms with Gasteiger partial charge in [-0.15, -0.1) is 0 Å². The smallest absolute Gasteiger partial charge is 0.137 e. The first kappa shape index (κ1) is 15.4. The standard InChI is InChI=1S/C17H24BrFN2/c1-13-10-21(11-14-6-5-7-15(19)16(14)18)17(12-20-13)8-3-2-4-9-17/h5-7,13,20H,2-4,8-12H2,1H3. The molecule has 0 bridgehead atoms. The molecule has 1 aliphatic heterocycles. The molecule has 1 N–H and O–H groups in total. The second-order valence-corrected chi connectivity index (χ2v) is 7.45. The van der Waals surface area contributed by atoms with Gasteiger partial charge in [-0.3, -0.25) is 4.90 Å². The minimum absolute atomic E-state index is 0.159. The van der Waals surface area contributed by atoms with Gasteiger partial charge in [-0.25, -0.2) is 4.39 Å². The highest BCUT2D eigenvalue weighted by molar-refractivity contribution is 9.10.